The first-order chi connectivity index (χ1) is 10.8. The summed E-state index contributed by atoms with van der Waals surface area (Å²) in [5.74, 6) is 1.20. The summed E-state index contributed by atoms with van der Waals surface area (Å²) in [6.45, 7) is 2.88. The largest absolute Gasteiger partial charge is 0.514 e. The maximum atomic E-state index is 11.7. The highest BCUT2D eigenvalue weighted by molar-refractivity contribution is 5.63. The van der Waals surface area contributed by atoms with Crippen molar-refractivity contribution in [1.29, 1.82) is 0 Å². The number of hydrogen-bond donors (Lipinski definition) is 0. The summed E-state index contributed by atoms with van der Waals surface area (Å²) >= 11 is 0. The second kappa shape index (κ2) is 8.72. The second-order valence-electron chi connectivity index (χ2n) is 4.76. The van der Waals surface area contributed by atoms with Crippen LogP contribution in [0.15, 0.2) is 54.6 Å². The van der Waals surface area contributed by atoms with Crippen molar-refractivity contribution in [3.63, 3.8) is 0 Å². The molecular formula is C18H20O4. The van der Waals surface area contributed by atoms with Crippen molar-refractivity contribution in [3.05, 3.63) is 60.2 Å². The maximum absolute atomic E-state index is 11.7. The van der Waals surface area contributed by atoms with E-state index in [0.717, 1.165) is 24.2 Å². The van der Waals surface area contributed by atoms with Crippen LogP contribution < -0.4 is 9.47 Å². The third-order valence-electron chi connectivity index (χ3n) is 3.02. The molecule has 0 unspecified atom stereocenters. The first-order valence-corrected chi connectivity index (χ1v) is 7.40. The van der Waals surface area contributed by atoms with E-state index in [-0.39, 0.29) is 6.61 Å². The Bertz CT molecular complexity index is 581. The average molecular weight is 300 g/mol. The number of hydrogen-bond acceptors (Lipinski definition) is 4. The molecule has 0 aliphatic heterocycles. The van der Waals surface area contributed by atoms with Crippen LogP contribution in [0.4, 0.5) is 4.79 Å². The van der Waals surface area contributed by atoms with E-state index in [2.05, 4.69) is 6.92 Å². The van der Waals surface area contributed by atoms with Crippen molar-refractivity contribution < 1.29 is 19.0 Å². The van der Waals surface area contributed by atoms with E-state index in [1.54, 1.807) is 24.3 Å². The number of carbonyl (C=O) groups is 1. The first-order valence-electron chi connectivity index (χ1n) is 7.40. The van der Waals surface area contributed by atoms with Crippen molar-refractivity contribution in [1.82, 2.24) is 0 Å². The third kappa shape index (κ3) is 5.13. The highest BCUT2D eigenvalue weighted by Crippen LogP contribution is 2.19. The standard InChI is InChI=1S/C18H20O4/c1-2-3-13-20-17-12-8-7-9-15(17)14-21-18(19)22-16-10-5-4-6-11-16/h4-12H,2-3,13-14H2,1H3. The van der Waals surface area contributed by atoms with Crippen LogP contribution in [-0.4, -0.2) is 12.8 Å². The van der Waals surface area contributed by atoms with Crippen LogP contribution in [0.1, 0.15) is 25.3 Å². The molecule has 116 valence electrons. The molecule has 4 heteroatoms. The summed E-state index contributed by atoms with van der Waals surface area (Å²) in [7, 11) is 0. The van der Waals surface area contributed by atoms with Crippen molar-refractivity contribution >= 4 is 6.16 Å². The van der Waals surface area contributed by atoms with E-state index >= 15 is 0 Å². The Balaban J connectivity index is 1.86. The molecule has 0 aromatic heterocycles. The number of benzene rings is 2. The van der Waals surface area contributed by atoms with Gasteiger partial charge in [0, 0.05) is 5.56 Å². The van der Waals surface area contributed by atoms with Crippen LogP contribution in [0.2, 0.25) is 0 Å². The summed E-state index contributed by atoms with van der Waals surface area (Å²) in [4.78, 5) is 11.7. The predicted molar refractivity (Wildman–Crippen MR) is 84.1 cm³/mol. The fourth-order valence-electron chi connectivity index (χ4n) is 1.84. The molecular weight excluding hydrogens is 280 g/mol. The smallest absolute Gasteiger partial charge is 0.493 e. The van der Waals surface area contributed by atoms with Gasteiger partial charge in [0.05, 0.1) is 6.61 Å². The fraction of sp³-hybridized carbons (Fsp3) is 0.278. The van der Waals surface area contributed by atoms with Gasteiger partial charge in [0.25, 0.3) is 0 Å². The zero-order chi connectivity index (χ0) is 15.6. The Labute approximate surface area is 130 Å². The highest BCUT2D eigenvalue weighted by atomic mass is 16.7. The Kier molecular flexibility index (Phi) is 6.30. The second-order valence-corrected chi connectivity index (χ2v) is 4.76. The monoisotopic (exact) mass is 300 g/mol. The number of unbranched alkanes of at least 4 members (excludes halogenated alkanes) is 1. The number of rotatable bonds is 7. The zero-order valence-corrected chi connectivity index (χ0v) is 12.7. The summed E-state index contributed by atoms with van der Waals surface area (Å²) in [6, 6.07) is 16.3. The number of ether oxygens (including phenoxy) is 3. The Morgan fingerprint density at radius 1 is 1.00 bits per heavy atom. The fourth-order valence-corrected chi connectivity index (χ4v) is 1.84. The third-order valence-corrected chi connectivity index (χ3v) is 3.02. The van der Waals surface area contributed by atoms with Gasteiger partial charge in [-0.2, -0.15) is 0 Å². The zero-order valence-electron chi connectivity index (χ0n) is 12.7. The molecule has 0 aliphatic rings. The van der Waals surface area contributed by atoms with Gasteiger partial charge in [0.2, 0.25) is 0 Å². The van der Waals surface area contributed by atoms with E-state index in [1.165, 1.54) is 0 Å². The molecule has 2 rings (SSSR count). The molecule has 0 radical (unpaired) electrons. The summed E-state index contributed by atoms with van der Waals surface area (Å²) in [5, 5.41) is 0. The first kappa shape index (κ1) is 15.9. The molecule has 0 N–H and O–H groups in total. The summed E-state index contributed by atoms with van der Waals surface area (Å²) < 4.78 is 15.9. The topological polar surface area (TPSA) is 44.8 Å². The summed E-state index contributed by atoms with van der Waals surface area (Å²) in [5.41, 5.74) is 0.823. The Morgan fingerprint density at radius 2 is 1.73 bits per heavy atom. The minimum Gasteiger partial charge on any atom is -0.493 e. The van der Waals surface area contributed by atoms with Crippen molar-refractivity contribution in [2.24, 2.45) is 0 Å². The molecule has 0 bridgehead atoms. The molecule has 0 amide bonds. The Morgan fingerprint density at radius 3 is 2.50 bits per heavy atom. The van der Waals surface area contributed by atoms with Crippen molar-refractivity contribution in [3.8, 4) is 11.5 Å². The molecule has 0 saturated heterocycles. The normalized spacial score (nSPS) is 10.0. The van der Waals surface area contributed by atoms with Gasteiger partial charge < -0.3 is 14.2 Å². The molecule has 0 atom stereocenters. The SMILES string of the molecule is CCCCOc1ccccc1COC(=O)Oc1ccccc1. The lowest BCUT2D eigenvalue weighted by Crippen LogP contribution is -2.11. The molecule has 0 fully saturated rings. The van der Waals surface area contributed by atoms with Crippen LogP contribution in [0.25, 0.3) is 0 Å². The summed E-state index contributed by atoms with van der Waals surface area (Å²) in [6.07, 6.45) is 1.34. The van der Waals surface area contributed by atoms with Crippen LogP contribution in [0, 0.1) is 0 Å². The molecule has 0 heterocycles. The lowest BCUT2D eigenvalue weighted by molar-refractivity contribution is 0.0918. The van der Waals surface area contributed by atoms with Crippen molar-refractivity contribution in [2.45, 2.75) is 26.4 Å². The number of carbonyl (C=O) groups excluding carboxylic acids is 1. The van der Waals surface area contributed by atoms with Gasteiger partial charge in [-0.05, 0) is 24.6 Å². The molecule has 22 heavy (non-hydrogen) atoms. The average Bonchev–Trinajstić information content (AvgIpc) is 2.55. The molecule has 0 spiro atoms. The lowest BCUT2D eigenvalue weighted by Gasteiger charge is -2.11. The van der Waals surface area contributed by atoms with Gasteiger partial charge in [0.1, 0.15) is 18.1 Å². The minimum absolute atomic E-state index is 0.119. The molecule has 0 saturated carbocycles. The highest BCUT2D eigenvalue weighted by Gasteiger charge is 2.09. The van der Waals surface area contributed by atoms with Crippen LogP contribution in [0.5, 0.6) is 11.5 Å². The van der Waals surface area contributed by atoms with E-state index in [0.29, 0.717) is 12.4 Å². The van der Waals surface area contributed by atoms with Gasteiger partial charge in [-0.3, -0.25) is 0 Å². The predicted octanol–water partition coefficient (Wildman–Crippen LogP) is 4.58. The van der Waals surface area contributed by atoms with E-state index in [4.69, 9.17) is 14.2 Å². The Hall–Kier alpha value is -2.49. The minimum atomic E-state index is -0.727. The molecule has 4 nitrogen and oxygen atoms in total. The van der Waals surface area contributed by atoms with Gasteiger partial charge >= 0.3 is 6.16 Å². The van der Waals surface area contributed by atoms with E-state index < -0.39 is 6.16 Å². The van der Waals surface area contributed by atoms with Gasteiger partial charge in [-0.1, -0.05) is 49.7 Å². The lowest BCUT2D eigenvalue weighted by atomic mass is 10.2. The van der Waals surface area contributed by atoms with Gasteiger partial charge in [0.15, 0.2) is 0 Å². The van der Waals surface area contributed by atoms with Crippen LogP contribution in [0.3, 0.4) is 0 Å². The van der Waals surface area contributed by atoms with Crippen molar-refractivity contribution in [2.75, 3.05) is 6.61 Å². The molecule has 2 aromatic rings. The quantitative estimate of drug-likeness (QED) is 0.426. The molecule has 2 aromatic carbocycles. The van der Waals surface area contributed by atoms with Crippen LogP contribution >= 0.6 is 0 Å². The molecule has 0 aliphatic carbocycles. The van der Waals surface area contributed by atoms with E-state index in [9.17, 15) is 4.79 Å². The number of para-hydroxylation sites is 2. The maximum Gasteiger partial charge on any atom is 0.514 e. The van der Waals surface area contributed by atoms with E-state index in [1.807, 2.05) is 30.3 Å². The van der Waals surface area contributed by atoms with Crippen LogP contribution in [-0.2, 0) is 11.3 Å². The van der Waals surface area contributed by atoms with Gasteiger partial charge in [-0.25, -0.2) is 4.79 Å². The van der Waals surface area contributed by atoms with Gasteiger partial charge in [-0.15, -0.1) is 0 Å².